The number of aryl methyl sites for hydroxylation is 1. The van der Waals surface area contributed by atoms with E-state index in [4.69, 9.17) is 4.74 Å². The molecule has 0 fully saturated rings. The van der Waals surface area contributed by atoms with Gasteiger partial charge >= 0.3 is 5.97 Å². The molecule has 4 nitrogen and oxygen atoms in total. The molecule has 0 atom stereocenters. The molecule has 3 rings (SSSR count). The molecule has 0 amide bonds. The number of methoxy groups -OCH3 is 1. The van der Waals surface area contributed by atoms with Crippen LogP contribution in [0.1, 0.15) is 16.8 Å². The zero-order valence-electron chi connectivity index (χ0n) is 14.2. The average Bonchev–Trinajstić information content (AvgIpc) is 3.03. The van der Waals surface area contributed by atoms with Crippen LogP contribution in [0.15, 0.2) is 66.9 Å². The van der Waals surface area contributed by atoms with E-state index in [-0.39, 0.29) is 0 Å². The first kappa shape index (κ1) is 17.0. The van der Waals surface area contributed by atoms with Crippen molar-refractivity contribution in [3.8, 4) is 22.4 Å². The minimum atomic E-state index is -0.915. The summed E-state index contributed by atoms with van der Waals surface area (Å²) in [5.41, 5.74) is 3.93. The first-order valence-corrected chi connectivity index (χ1v) is 8.28. The van der Waals surface area contributed by atoms with Crippen LogP contribution in [0.5, 0.6) is 0 Å². The highest BCUT2D eigenvalue weighted by molar-refractivity contribution is 6.01. The third kappa shape index (κ3) is 3.64. The van der Waals surface area contributed by atoms with Gasteiger partial charge in [0.25, 0.3) is 0 Å². The van der Waals surface area contributed by atoms with Gasteiger partial charge in [0.2, 0.25) is 0 Å². The summed E-state index contributed by atoms with van der Waals surface area (Å²) in [7, 11) is 1.67. The zero-order valence-corrected chi connectivity index (χ0v) is 14.2. The van der Waals surface area contributed by atoms with Crippen LogP contribution in [-0.2, 0) is 11.3 Å². The van der Waals surface area contributed by atoms with Crippen LogP contribution in [0.2, 0.25) is 0 Å². The SMILES string of the molecule is COCCCn1cc(C(=O)O)c(-c2ccccc2)c1-c1ccccc1. The predicted octanol–water partition coefficient (Wildman–Crippen LogP) is 4.56. The van der Waals surface area contributed by atoms with E-state index in [1.807, 2.05) is 65.2 Å². The smallest absolute Gasteiger partial charge is 0.337 e. The number of hydrogen-bond donors (Lipinski definition) is 1. The summed E-state index contributed by atoms with van der Waals surface area (Å²) >= 11 is 0. The number of benzene rings is 2. The lowest BCUT2D eigenvalue weighted by Gasteiger charge is -2.12. The normalized spacial score (nSPS) is 10.8. The highest BCUT2D eigenvalue weighted by Crippen LogP contribution is 2.37. The number of carboxylic acids is 1. The van der Waals surface area contributed by atoms with Crippen molar-refractivity contribution < 1.29 is 14.6 Å². The van der Waals surface area contributed by atoms with Gasteiger partial charge in [-0.2, -0.15) is 0 Å². The Morgan fingerprint density at radius 3 is 2.16 bits per heavy atom. The van der Waals surface area contributed by atoms with Crippen LogP contribution < -0.4 is 0 Å². The summed E-state index contributed by atoms with van der Waals surface area (Å²) in [5.74, 6) is -0.915. The fraction of sp³-hybridized carbons (Fsp3) is 0.190. The number of ether oxygens (including phenoxy) is 1. The Labute approximate surface area is 147 Å². The number of rotatable bonds is 7. The molecule has 25 heavy (non-hydrogen) atoms. The highest BCUT2D eigenvalue weighted by atomic mass is 16.5. The Morgan fingerprint density at radius 1 is 1.00 bits per heavy atom. The van der Waals surface area contributed by atoms with Gasteiger partial charge < -0.3 is 14.4 Å². The van der Waals surface area contributed by atoms with Gasteiger partial charge in [0.15, 0.2) is 0 Å². The summed E-state index contributed by atoms with van der Waals surface area (Å²) in [6.45, 7) is 1.33. The third-order valence-corrected chi connectivity index (χ3v) is 4.17. The van der Waals surface area contributed by atoms with Crippen molar-refractivity contribution in [3.05, 3.63) is 72.4 Å². The molecule has 0 aliphatic rings. The Kier molecular flexibility index (Phi) is 5.31. The van der Waals surface area contributed by atoms with Gasteiger partial charge in [-0.25, -0.2) is 4.79 Å². The topological polar surface area (TPSA) is 51.5 Å². The van der Waals surface area contributed by atoms with E-state index in [0.717, 1.165) is 28.8 Å². The largest absolute Gasteiger partial charge is 0.478 e. The summed E-state index contributed by atoms with van der Waals surface area (Å²) < 4.78 is 7.18. The molecule has 2 aromatic carbocycles. The molecule has 4 heteroatoms. The quantitative estimate of drug-likeness (QED) is 0.644. The van der Waals surface area contributed by atoms with Gasteiger partial charge in [0, 0.05) is 32.0 Å². The van der Waals surface area contributed by atoms with Crippen LogP contribution in [-0.4, -0.2) is 29.4 Å². The molecule has 3 aromatic rings. The first-order chi connectivity index (χ1) is 12.2. The standard InChI is InChI=1S/C21H21NO3/c1-25-14-8-13-22-15-18(21(23)24)19(16-9-4-2-5-10-16)20(22)17-11-6-3-7-12-17/h2-7,9-12,15H,8,13-14H2,1H3,(H,23,24). The lowest BCUT2D eigenvalue weighted by molar-refractivity contribution is 0.0697. The molecule has 0 radical (unpaired) electrons. The second-order valence-corrected chi connectivity index (χ2v) is 5.84. The predicted molar refractivity (Wildman–Crippen MR) is 98.8 cm³/mol. The van der Waals surface area contributed by atoms with E-state index in [2.05, 4.69) is 0 Å². The van der Waals surface area contributed by atoms with E-state index in [1.165, 1.54) is 0 Å². The molecule has 128 valence electrons. The van der Waals surface area contributed by atoms with E-state index in [1.54, 1.807) is 13.3 Å². The van der Waals surface area contributed by atoms with Gasteiger partial charge in [0.1, 0.15) is 0 Å². The van der Waals surface area contributed by atoms with E-state index in [9.17, 15) is 9.90 Å². The molecular formula is C21H21NO3. The van der Waals surface area contributed by atoms with Gasteiger partial charge in [-0.1, -0.05) is 60.7 Å². The van der Waals surface area contributed by atoms with Crippen molar-refractivity contribution >= 4 is 5.97 Å². The van der Waals surface area contributed by atoms with E-state index >= 15 is 0 Å². The fourth-order valence-electron chi connectivity index (χ4n) is 3.08. The molecule has 0 unspecified atom stereocenters. The fourth-order valence-corrected chi connectivity index (χ4v) is 3.08. The Morgan fingerprint density at radius 2 is 1.60 bits per heavy atom. The second-order valence-electron chi connectivity index (χ2n) is 5.84. The summed E-state index contributed by atoms with van der Waals surface area (Å²) in [4.78, 5) is 11.9. The van der Waals surface area contributed by atoms with Crippen molar-refractivity contribution in [2.45, 2.75) is 13.0 Å². The average molecular weight is 335 g/mol. The zero-order chi connectivity index (χ0) is 17.6. The van der Waals surface area contributed by atoms with Crippen LogP contribution >= 0.6 is 0 Å². The first-order valence-electron chi connectivity index (χ1n) is 8.28. The van der Waals surface area contributed by atoms with Gasteiger partial charge in [-0.15, -0.1) is 0 Å². The minimum absolute atomic E-state index is 0.322. The summed E-state index contributed by atoms with van der Waals surface area (Å²) in [6, 6.07) is 19.6. The Bertz CT molecular complexity index is 838. The second kappa shape index (κ2) is 7.81. The summed E-state index contributed by atoms with van der Waals surface area (Å²) in [5, 5.41) is 9.75. The summed E-state index contributed by atoms with van der Waals surface area (Å²) in [6.07, 6.45) is 2.56. The molecule has 0 aliphatic heterocycles. The van der Waals surface area contributed by atoms with Crippen LogP contribution in [0.3, 0.4) is 0 Å². The monoisotopic (exact) mass is 335 g/mol. The van der Waals surface area contributed by atoms with Gasteiger partial charge in [-0.05, 0) is 17.5 Å². The van der Waals surface area contributed by atoms with Gasteiger partial charge in [0.05, 0.1) is 11.3 Å². The van der Waals surface area contributed by atoms with E-state index in [0.29, 0.717) is 18.7 Å². The van der Waals surface area contributed by atoms with Crippen LogP contribution in [0, 0.1) is 0 Å². The Balaban J connectivity index is 2.21. The number of carboxylic acid groups (broad SMARTS) is 1. The number of aromatic nitrogens is 1. The molecule has 0 spiro atoms. The van der Waals surface area contributed by atoms with Gasteiger partial charge in [-0.3, -0.25) is 0 Å². The molecule has 1 heterocycles. The van der Waals surface area contributed by atoms with Crippen molar-refractivity contribution in [2.24, 2.45) is 0 Å². The lowest BCUT2D eigenvalue weighted by atomic mass is 9.98. The molecule has 0 bridgehead atoms. The van der Waals surface area contributed by atoms with Crippen molar-refractivity contribution in [1.29, 1.82) is 0 Å². The van der Waals surface area contributed by atoms with Crippen LogP contribution in [0.25, 0.3) is 22.4 Å². The molecule has 1 N–H and O–H groups in total. The number of carbonyl (C=O) groups is 1. The number of hydrogen-bond acceptors (Lipinski definition) is 2. The maximum Gasteiger partial charge on any atom is 0.337 e. The van der Waals surface area contributed by atoms with Crippen LogP contribution in [0.4, 0.5) is 0 Å². The Hall–Kier alpha value is -2.85. The van der Waals surface area contributed by atoms with E-state index < -0.39 is 5.97 Å². The molecule has 1 aromatic heterocycles. The highest BCUT2D eigenvalue weighted by Gasteiger charge is 2.22. The lowest BCUT2D eigenvalue weighted by Crippen LogP contribution is -2.02. The number of aromatic carboxylic acids is 1. The van der Waals surface area contributed by atoms with Crippen molar-refractivity contribution in [2.75, 3.05) is 13.7 Å². The molecule has 0 aliphatic carbocycles. The number of nitrogens with zero attached hydrogens (tertiary/aromatic N) is 1. The van der Waals surface area contributed by atoms with Crippen molar-refractivity contribution in [1.82, 2.24) is 4.57 Å². The maximum absolute atomic E-state index is 11.9. The molecule has 0 saturated carbocycles. The maximum atomic E-state index is 11.9. The molecule has 0 saturated heterocycles. The van der Waals surface area contributed by atoms with Crippen molar-refractivity contribution in [3.63, 3.8) is 0 Å². The molecular weight excluding hydrogens is 314 g/mol. The third-order valence-electron chi connectivity index (χ3n) is 4.17. The minimum Gasteiger partial charge on any atom is -0.478 e.